The van der Waals surface area contributed by atoms with E-state index in [0.29, 0.717) is 23.5 Å². The Morgan fingerprint density at radius 3 is 2.76 bits per heavy atom. The SMILES string of the molecule is Cc1cc(C(=O)COc2cccc3c2OC(C)(C)C3)c(C)n1[C@H]1CCS(=O)(=O)C1. The minimum absolute atomic E-state index is 0.0898. The van der Waals surface area contributed by atoms with Crippen LogP contribution in [0.25, 0.3) is 0 Å². The molecule has 0 amide bonds. The lowest BCUT2D eigenvalue weighted by Crippen LogP contribution is -2.24. The summed E-state index contributed by atoms with van der Waals surface area (Å²) >= 11 is 0. The molecule has 7 heteroatoms. The van der Waals surface area contributed by atoms with Crippen molar-refractivity contribution in [3.8, 4) is 11.5 Å². The molecule has 0 unspecified atom stereocenters. The molecule has 2 aromatic rings. The molecule has 1 atom stereocenters. The molecule has 4 rings (SSSR count). The number of fused-ring (bicyclic) bond motifs is 1. The van der Waals surface area contributed by atoms with Gasteiger partial charge in [-0.2, -0.15) is 0 Å². The first-order valence-corrected chi connectivity index (χ1v) is 11.7. The molecular formula is C22H27NO5S. The quantitative estimate of drug-likeness (QED) is 0.697. The number of hydrogen-bond acceptors (Lipinski definition) is 5. The highest BCUT2D eigenvalue weighted by molar-refractivity contribution is 7.91. The van der Waals surface area contributed by atoms with Gasteiger partial charge < -0.3 is 14.0 Å². The highest BCUT2D eigenvalue weighted by atomic mass is 32.2. The number of carbonyl (C=O) groups excluding carboxylic acids is 1. The fourth-order valence-electron chi connectivity index (χ4n) is 4.52. The molecule has 0 saturated carbocycles. The Hall–Kier alpha value is -2.28. The third-order valence-electron chi connectivity index (χ3n) is 5.77. The number of carbonyl (C=O) groups is 1. The van der Waals surface area contributed by atoms with E-state index in [2.05, 4.69) is 0 Å². The van der Waals surface area contributed by atoms with Crippen LogP contribution in [0.1, 0.15) is 53.6 Å². The molecular weight excluding hydrogens is 390 g/mol. The minimum Gasteiger partial charge on any atom is -0.483 e. The first-order chi connectivity index (χ1) is 13.6. The van der Waals surface area contributed by atoms with Gasteiger partial charge in [0, 0.05) is 35.0 Å². The summed E-state index contributed by atoms with van der Waals surface area (Å²) in [5.74, 6) is 1.51. The average Bonchev–Trinajstić information content (AvgIpc) is 3.24. The largest absolute Gasteiger partial charge is 0.483 e. The van der Waals surface area contributed by atoms with Crippen LogP contribution in [0.4, 0.5) is 0 Å². The molecule has 0 aliphatic carbocycles. The van der Waals surface area contributed by atoms with E-state index in [0.717, 1.165) is 23.4 Å². The lowest BCUT2D eigenvalue weighted by Gasteiger charge is -2.18. The Morgan fingerprint density at radius 2 is 2.07 bits per heavy atom. The summed E-state index contributed by atoms with van der Waals surface area (Å²) in [5.41, 5.74) is 3.09. The normalized spacial score (nSPS) is 21.6. The van der Waals surface area contributed by atoms with Crippen LogP contribution in [0, 0.1) is 13.8 Å². The number of ether oxygens (including phenoxy) is 2. The van der Waals surface area contributed by atoms with Crippen molar-refractivity contribution in [2.45, 2.75) is 52.2 Å². The van der Waals surface area contributed by atoms with Gasteiger partial charge in [-0.05, 0) is 46.2 Å². The van der Waals surface area contributed by atoms with Crippen molar-refractivity contribution in [2.24, 2.45) is 0 Å². The van der Waals surface area contributed by atoms with Gasteiger partial charge in [-0.15, -0.1) is 0 Å². The summed E-state index contributed by atoms with van der Waals surface area (Å²) in [7, 11) is -2.99. The van der Waals surface area contributed by atoms with E-state index in [1.807, 2.05) is 56.5 Å². The van der Waals surface area contributed by atoms with Crippen LogP contribution in [0.15, 0.2) is 24.3 Å². The van der Waals surface area contributed by atoms with Crippen LogP contribution in [0.2, 0.25) is 0 Å². The summed E-state index contributed by atoms with van der Waals surface area (Å²) in [6, 6.07) is 7.48. The summed E-state index contributed by atoms with van der Waals surface area (Å²) in [6.07, 6.45) is 1.39. The van der Waals surface area contributed by atoms with Crippen molar-refractivity contribution < 1.29 is 22.7 Å². The average molecular weight is 418 g/mol. The predicted molar refractivity (Wildman–Crippen MR) is 111 cm³/mol. The fraction of sp³-hybridized carbons (Fsp3) is 0.500. The highest BCUT2D eigenvalue weighted by Gasteiger charge is 2.33. The molecule has 1 fully saturated rings. The Kier molecular flexibility index (Phi) is 4.76. The summed E-state index contributed by atoms with van der Waals surface area (Å²) in [6.45, 7) is 7.75. The van der Waals surface area contributed by atoms with Crippen molar-refractivity contribution in [2.75, 3.05) is 18.1 Å². The molecule has 1 aromatic carbocycles. The standard InChI is InChI=1S/C22H27NO5S/c1-14-10-18(15(2)23(14)17-8-9-29(25,26)13-17)19(24)12-27-20-7-5-6-16-11-22(3,4)28-21(16)20/h5-7,10,17H,8-9,11-13H2,1-4H3/t17-/m0/s1. The van der Waals surface area contributed by atoms with Gasteiger partial charge in [-0.3, -0.25) is 4.79 Å². The van der Waals surface area contributed by atoms with Crippen molar-refractivity contribution in [1.29, 1.82) is 0 Å². The second-order valence-corrected chi connectivity index (χ2v) is 10.9. The van der Waals surface area contributed by atoms with Gasteiger partial charge in [0.05, 0.1) is 11.5 Å². The molecule has 0 spiro atoms. The topological polar surface area (TPSA) is 74.6 Å². The zero-order valence-electron chi connectivity index (χ0n) is 17.3. The molecule has 6 nitrogen and oxygen atoms in total. The third kappa shape index (κ3) is 3.80. The molecule has 2 aliphatic rings. The van der Waals surface area contributed by atoms with Crippen LogP contribution < -0.4 is 9.47 Å². The number of sulfone groups is 1. The van der Waals surface area contributed by atoms with Crippen LogP contribution in [-0.2, 0) is 16.3 Å². The first-order valence-electron chi connectivity index (χ1n) is 9.92. The Bertz CT molecular complexity index is 1080. The molecule has 29 heavy (non-hydrogen) atoms. The van der Waals surface area contributed by atoms with Crippen molar-refractivity contribution in [3.05, 3.63) is 46.8 Å². The third-order valence-corrected chi connectivity index (χ3v) is 7.52. The second kappa shape index (κ2) is 6.90. The monoisotopic (exact) mass is 417 g/mol. The maximum atomic E-state index is 12.9. The van der Waals surface area contributed by atoms with Gasteiger partial charge >= 0.3 is 0 Å². The van der Waals surface area contributed by atoms with E-state index in [1.54, 1.807) is 0 Å². The first kappa shape index (κ1) is 20.0. The summed E-state index contributed by atoms with van der Waals surface area (Å²) in [5, 5.41) is 0. The number of aromatic nitrogens is 1. The Balaban J connectivity index is 1.51. The van der Waals surface area contributed by atoms with Gasteiger partial charge in [0.15, 0.2) is 27.9 Å². The van der Waals surface area contributed by atoms with Crippen LogP contribution >= 0.6 is 0 Å². The molecule has 3 heterocycles. The number of hydrogen-bond donors (Lipinski definition) is 0. The number of aryl methyl sites for hydroxylation is 1. The van der Waals surface area contributed by atoms with Gasteiger partial charge in [0.25, 0.3) is 0 Å². The molecule has 0 radical (unpaired) electrons. The van der Waals surface area contributed by atoms with E-state index in [1.165, 1.54) is 0 Å². The van der Waals surface area contributed by atoms with Gasteiger partial charge in [0.1, 0.15) is 5.60 Å². The lowest BCUT2D eigenvalue weighted by atomic mass is 10.0. The maximum Gasteiger partial charge on any atom is 0.202 e. The number of Topliss-reactive ketones (excluding diaryl/α,β-unsaturated/α-hetero) is 1. The number of ketones is 1. The fourth-order valence-corrected chi connectivity index (χ4v) is 6.22. The van der Waals surface area contributed by atoms with Gasteiger partial charge in [0.2, 0.25) is 5.78 Å². The van der Waals surface area contributed by atoms with Crippen LogP contribution in [0.3, 0.4) is 0 Å². The van der Waals surface area contributed by atoms with Gasteiger partial charge in [-0.1, -0.05) is 12.1 Å². The van der Waals surface area contributed by atoms with Crippen molar-refractivity contribution >= 4 is 15.6 Å². The molecule has 156 valence electrons. The zero-order valence-corrected chi connectivity index (χ0v) is 18.1. The Morgan fingerprint density at radius 1 is 1.31 bits per heavy atom. The summed E-state index contributed by atoms with van der Waals surface area (Å²) in [4.78, 5) is 12.9. The van der Waals surface area contributed by atoms with E-state index in [9.17, 15) is 13.2 Å². The smallest absolute Gasteiger partial charge is 0.202 e. The highest BCUT2D eigenvalue weighted by Crippen LogP contribution is 2.41. The van der Waals surface area contributed by atoms with E-state index < -0.39 is 9.84 Å². The zero-order chi connectivity index (χ0) is 21.0. The molecule has 0 bridgehead atoms. The number of para-hydroxylation sites is 1. The number of rotatable bonds is 5. The van der Waals surface area contributed by atoms with E-state index >= 15 is 0 Å². The lowest BCUT2D eigenvalue weighted by molar-refractivity contribution is 0.0911. The van der Waals surface area contributed by atoms with Crippen LogP contribution in [-0.4, -0.2) is 42.5 Å². The predicted octanol–water partition coefficient (Wildman–Crippen LogP) is 3.44. The molecule has 1 aromatic heterocycles. The Labute approximate surface area is 171 Å². The summed E-state index contributed by atoms with van der Waals surface area (Å²) < 4.78 is 37.6. The number of nitrogens with zero attached hydrogens (tertiary/aromatic N) is 1. The van der Waals surface area contributed by atoms with Crippen LogP contribution in [0.5, 0.6) is 11.5 Å². The van der Waals surface area contributed by atoms with Crippen molar-refractivity contribution in [1.82, 2.24) is 4.57 Å². The van der Waals surface area contributed by atoms with Crippen molar-refractivity contribution in [3.63, 3.8) is 0 Å². The molecule has 1 saturated heterocycles. The van der Waals surface area contributed by atoms with E-state index in [-0.39, 0.29) is 35.5 Å². The maximum absolute atomic E-state index is 12.9. The van der Waals surface area contributed by atoms with E-state index in [4.69, 9.17) is 9.47 Å². The number of benzene rings is 1. The van der Waals surface area contributed by atoms with Gasteiger partial charge in [-0.25, -0.2) is 8.42 Å². The molecule has 0 N–H and O–H groups in total. The minimum atomic E-state index is -2.99. The second-order valence-electron chi connectivity index (χ2n) is 8.71. The molecule has 2 aliphatic heterocycles.